The van der Waals surface area contributed by atoms with Crippen molar-refractivity contribution in [2.45, 2.75) is 0 Å². The van der Waals surface area contributed by atoms with E-state index in [0.29, 0.717) is 17.1 Å². The summed E-state index contributed by atoms with van der Waals surface area (Å²) in [6, 6.07) is 20.4. The molecule has 4 nitrogen and oxygen atoms in total. The molecule has 0 N–H and O–H groups in total. The van der Waals surface area contributed by atoms with Crippen LogP contribution in [0.25, 0.3) is 0 Å². The van der Waals surface area contributed by atoms with E-state index in [1.165, 1.54) is 12.1 Å². The highest BCUT2D eigenvalue weighted by atomic mass is 19.1. The summed E-state index contributed by atoms with van der Waals surface area (Å²) in [6.07, 6.45) is 0. The fourth-order valence-corrected chi connectivity index (χ4v) is 3.64. The Morgan fingerprint density at radius 3 is 1.69 bits per heavy atom. The van der Waals surface area contributed by atoms with Gasteiger partial charge in [-0.15, -0.1) is 0 Å². The van der Waals surface area contributed by atoms with E-state index in [1.807, 2.05) is 53.4 Å². The first-order valence-corrected chi connectivity index (χ1v) is 8.34. The highest BCUT2D eigenvalue weighted by Crippen LogP contribution is 2.40. The third kappa shape index (κ3) is 1.69. The molecule has 122 valence electrons. The Bertz CT molecular complexity index is 1200. The van der Waals surface area contributed by atoms with Crippen molar-refractivity contribution in [2.24, 2.45) is 15.0 Å². The third-order valence-corrected chi connectivity index (χ3v) is 4.80. The van der Waals surface area contributed by atoms with Crippen molar-refractivity contribution >= 4 is 34.6 Å². The van der Waals surface area contributed by atoms with Gasteiger partial charge in [-0.3, -0.25) is 4.90 Å². The zero-order chi connectivity index (χ0) is 17.3. The molecule has 0 unspecified atom stereocenters. The van der Waals surface area contributed by atoms with Gasteiger partial charge in [0.25, 0.3) is 0 Å². The molecule has 0 saturated heterocycles. The van der Waals surface area contributed by atoms with Crippen LogP contribution in [-0.4, -0.2) is 22.4 Å². The summed E-state index contributed by atoms with van der Waals surface area (Å²) >= 11 is 0. The largest absolute Gasteiger partial charge is 0.261 e. The van der Waals surface area contributed by atoms with Crippen molar-refractivity contribution in [1.29, 1.82) is 0 Å². The number of amidine groups is 3. The van der Waals surface area contributed by atoms with Crippen LogP contribution in [0.1, 0.15) is 16.7 Å². The van der Waals surface area contributed by atoms with Crippen molar-refractivity contribution < 1.29 is 4.39 Å². The predicted molar refractivity (Wildman–Crippen MR) is 99.7 cm³/mol. The number of para-hydroxylation sites is 2. The van der Waals surface area contributed by atoms with Crippen molar-refractivity contribution in [3.63, 3.8) is 0 Å². The predicted octanol–water partition coefficient (Wildman–Crippen LogP) is 4.70. The lowest BCUT2D eigenvalue weighted by atomic mass is 9.98. The second kappa shape index (κ2) is 4.73. The van der Waals surface area contributed by atoms with E-state index in [4.69, 9.17) is 15.0 Å². The van der Waals surface area contributed by atoms with Crippen molar-refractivity contribution in [3.05, 3.63) is 89.2 Å². The zero-order valence-electron chi connectivity index (χ0n) is 13.5. The number of hydrogen-bond acceptors (Lipinski definition) is 4. The van der Waals surface area contributed by atoms with Gasteiger partial charge in [0, 0.05) is 16.7 Å². The maximum absolute atomic E-state index is 13.9. The normalized spacial score (nSPS) is 15.7. The van der Waals surface area contributed by atoms with Gasteiger partial charge in [-0.25, -0.2) is 19.4 Å². The van der Waals surface area contributed by atoms with E-state index in [1.54, 1.807) is 6.07 Å². The van der Waals surface area contributed by atoms with E-state index in [-0.39, 0.29) is 5.82 Å². The summed E-state index contributed by atoms with van der Waals surface area (Å²) in [4.78, 5) is 16.4. The lowest BCUT2D eigenvalue weighted by molar-refractivity contribution is 0.627. The number of halogens is 1. The molecule has 26 heavy (non-hydrogen) atoms. The molecule has 0 fully saturated rings. The molecular formula is C21H11FN4. The number of rotatable bonds is 0. The molecule has 0 aliphatic carbocycles. The topological polar surface area (TPSA) is 40.3 Å². The van der Waals surface area contributed by atoms with E-state index in [2.05, 4.69) is 0 Å². The molecule has 0 saturated carbocycles. The van der Waals surface area contributed by atoms with Crippen LogP contribution in [-0.2, 0) is 0 Å². The van der Waals surface area contributed by atoms with Crippen LogP contribution in [0.4, 0.5) is 21.5 Å². The molecule has 6 rings (SSSR count). The monoisotopic (exact) mass is 338 g/mol. The molecule has 0 radical (unpaired) electrons. The standard InChI is InChI=1S/C21H11FN4/c22-12-9-10-18-15(11-12)21-24-17-8-4-2-6-14(17)19-23-16-7-3-1-5-13(16)20(25-18)26(19)21/h1-11H. The maximum Gasteiger partial charge on any atom is 0.150 e. The fourth-order valence-electron chi connectivity index (χ4n) is 3.64. The fraction of sp³-hybridized carbons (Fsp3) is 0. The molecule has 0 amide bonds. The number of nitrogens with zero attached hydrogens (tertiary/aromatic N) is 4. The minimum Gasteiger partial charge on any atom is -0.261 e. The average Bonchev–Trinajstić information content (AvgIpc) is 2.68. The van der Waals surface area contributed by atoms with Gasteiger partial charge in [0.15, 0.2) is 0 Å². The smallest absolute Gasteiger partial charge is 0.150 e. The quantitative estimate of drug-likeness (QED) is 0.585. The maximum atomic E-state index is 13.9. The Labute approximate surface area is 148 Å². The number of fused-ring (bicyclic) bond motifs is 6. The minimum atomic E-state index is -0.306. The molecule has 0 bridgehead atoms. The molecule has 3 aromatic carbocycles. The van der Waals surface area contributed by atoms with Crippen molar-refractivity contribution in [3.8, 4) is 0 Å². The van der Waals surface area contributed by atoms with Crippen LogP contribution >= 0.6 is 0 Å². The average molecular weight is 338 g/mol. The second-order valence-electron chi connectivity index (χ2n) is 6.34. The van der Waals surface area contributed by atoms with Crippen LogP contribution in [0.15, 0.2) is 81.7 Å². The first-order valence-electron chi connectivity index (χ1n) is 8.34. The summed E-state index contributed by atoms with van der Waals surface area (Å²) in [6.45, 7) is 0. The molecule has 0 aromatic heterocycles. The summed E-state index contributed by atoms with van der Waals surface area (Å²) in [5.74, 6) is 1.91. The van der Waals surface area contributed by atoms with Crippen molar-refractivity contribution in [1.82, 2.24) is 4.90 Å². The highest BCUT2D eigenvalue weighted by Gasteiger charge is 2.38. The summed E-state index contributed by atoms with van der Waals surface area (Å²) in [7, 11) is 0. The Hall–Kier alpha value is -3.60. The van der Waals surface area contributed by atoms with Crippen LogP contribution in [0, 0.1) is 5.82 Å². The Kier molecular flexibility index (Phi) is 2.48. The summed E-state index contributed by atoms with van der Waals surface area (Å²) < 4.78 is 13.9. The SMILES string of the molecule is Fc1ccc2c(c1)C1=Nc3ccccc3C3=Nc4ccccc4C(=N2)N31. The first-order chi connectivity index (χ1) is 12.8. The molecule has 3 heterocycles. The minimum absolute atomic E-state index is 0.306. The van der Waals surface area contributed by atoms with Gasteiger partial charge >= 0.3 is 0 Å². The van der Waals surface area contributed by atoms with Gasteiger partial charge in [0.2, 0.25) is 0 Å². The second-order valence-corrected chi connectivity index (χ2v) is 6.34. The van der Waals surface area contributed by atoms with Gasteiger partial charge in [-0.2, -0.15) is 0 Å². The van der Waals surface area contributed by atoms with E-state index >= 15 is 0 Å². The van der Waals surface area contributed by atoms with Crippen LogP contribution in [0.2, 0.25) is 0 Å². The molecule has 5 heteroatoms. The van der Waals surface area contributed by atoms with Crippen LogP contribution in [0.5, 0.6) is 0 Å². The number of aliphatic imine (C=N–C) groups is 3. The van der Waals surface area contributed by atoms with Gasteiger partial charge in [-0.05, 0) is 42.5 Å². The zero-order valence-corrected chi connectivity index (χ0v) is 13.5. The summed E-state index contributed by atoms with van der Waals surface area (Å²) in [5, 5.41) is 0. The van der Waals surface area contributed by atoms with Gasteiger partial charge in [0.05, 0.1) is 17.1 Å². The van der Waals surface area contributed by atoms with Crippen LogP contribution < -0.4 is 0 Å². The first kappa shape index (κ1) is 13.7. The summed E-state index contributed by atoms with van der Waals surface area (Å²) in [5.41, 5.74) is 4.98. The lowest BCUT2D eigenvalue weighted by Crippen LogP contribution is -2.48. The van der Waals surface area contributed by atoms with Crippen LogP contribution in [0.3, 0.4) is 0 Å². The number of hydrogen-bond donors (Lipinski definition) is 0. The Morgan fingerprint density at radius 1 is 0.577 bits per heavy atom. The molecule has 3 aromatic rings. The van der Waals surface area contributed by atoms with E-state index in [0.717, 1.165) is 34.2 Å². The molecule has 3 aliphatic heterocycles. The van der Waals surface area contributed by atoms with E-state index < -0.39 is 0 Å². The van der Waals surface area contributed by atoms with Crippen molar-refractivity contribution in [2.75, 3.05) is 0 Å². The van der Waals surface area contributed by atoms with Gasteiger partial charge in [0.1, 0.15) is 23.3 Å². The molecule has 0 atom stereocenters. The Balaban J connectivity index is 1.77. The third-order valence-electron chi connectivity index (χ3n) is 4.80. The molecular weight excluding hydrogens is 327 g/mol. The molecule has 0 spiro atoms. The van der Waals surface area contributed by atoms with Gasteiger partial charge < -0.3 is 0 Å². The molecule has 3 aliphatic rings. The number of benzene rings is 3. The lowest BCUT2D eigenvalue weighted by Gasteiger charge is -2.38. The van der Waals surface area contributed by atoms with Gasteiger partial charge in [-0.1, -0.05) is 24.3 Å². The van der Waals surface area contributed by atoms with E-state index in [9.17, 15) is 4.39 Å². The highest BCUT2D eigenvalue weighted by molar-refractivity contribution is 6.36. The Morgan fingerprint density at radius 2 is 1.08 bits per heavy atom.